The van der Waals surface area contributed by atoms with Gasteiger partial charge in [0.25, 0.3) is 0 Å². The molecule has 0 fully saturated rings. The summed E-state index contributed by atoms with van der Waals surface area (Å²) < 4.78 is 1.98. The molecule has 2 heterocycles. The number of hydrogen-bond donors (Lipinski definition) is 0. The molecule has 2 nitrogen and oxygen atoms in total. The van der Waals surface area contributed by atoms with Crippen molar-refractivity contribution in [2.45, 2.75) is 13.3 Å². The van der Waals surface area contributed by atoms with Crippen molar-refractivity contribution in [2.75, 3.05) is 0 Å². The Morgan fingerprint density at radius 1 is 1.50 bits per heavy atom. The summed E-state index contributed by atoms with van der Waals surface area (Å²) in [6, 6.07) is 8.34. The number of hydrogen-bond acceptors (Lipinski definition) is 1. The molecule has 3 heteroatoms. The predicted octanol–water partition coefficient (Wildman–Crippen LogP) is 0.155. The van der Waals surface area contributed by atoms with Gasteiger partial charge in [-0.1, -0.05) is 19.1 Å². The van der Waals surface area contributed by atoms with Crippen molar-refractivity contribution < 1.29 is 0 Å². The van der Waals surface area contributed by atoms with E-state index in [0.29, 0.717) is 0 Å². The zero-order valence-electron chi connectivity index (χ0n) is 7.41. The SMILES string of the molecule is Bc1cccc2cc(CC)nn12. The monoisotopic (exact) mass is 158 g/mol. The molecule has 0 unspecified atom stereocenters. The van der Waals surface area contributed by atoms with Crippen molar-refractivity contribution in [1.29, 1.82) is 0 Å². The Balaban J connectivity index is 2.74. The molecule has 0 radical (unpaired) electrons. The molecule has 0 aliphatic carbocycles. The highest BCUT2D eigenvalue weighted by molar-refractivity contribution is 6.31. The zero-order valence-corrected chi connectivity index (χ0v) is 7.41. The first-order chi connectivity index (χ1) is 5.81. The van der Waals surface area contributed by atoms with Gasteiger partial charge in [0.1, 0.15) is 0 Å². The molecule has 0 aromatic carbocycles. The summed E-state index contributed by atoms with van der Waals surface area (Å²) in [4.78, 5) is 0. The molecule has 2 rings (SSSR count). The van der Waals surface area contributed by atoms with Crippen molar-refractivity contribution in [1.82, 2.24) is 9.61 Å². The fourth-order valence-corrected chi connectivity index (χ4v) is 1.38. The fraction of sp³-hybridized carbons (Fsp3) is 0.222. The van der Waals surface area contributed by atoms with Gasteiger partial charge >= 0.3 is 0 Å². The second-order valence-electron chi connectivity index (χ2n) is 2.99. The predicted molar refractivity (Wildman–Crippen MR) is 52.7 cm³/mol. The average molecular weight is 158 g/mol. The highest BCUT2D eigenvalue weighted by atomic mass is 15.2. The van der Waals surface area contributed by atoms with Crippen LogP contribution in [0.3, 0.4) is 0 Å². The lowest BCUT2D eigenvalue weighted by molar-refractivity contribution is 0.917. The van der Waals surface area contributed by atoms with Crippen LogP contribution < -0.4 is 5.59 Å². The third-order valence-corrected chi connectivity index (χ3v) is 2.09. The van der Waals surface area contributed by atoms with Crippen molar-refractivity contribution in [3.8, 4) is 0 Å². The Morgan fingerprint density at radius 3 is 3.00 bits per heavy atom. The first kappa shape index (κ1) is 7.41. The summed E-state index contributed by atoms with van der Waals surface area (Å²) in [5.74, 6) is 0. The van der Waals surface area contributed by atoms with Crippen molar-refractivity contribution in [3.63, 3.8) is 0 Å². The van der Waals surface area contributed by atoms with Gasteiger partial charge < -0.3 is 0 Å². The Hall–Kier alpha value is -1.25. The third-order valence-electron chi connectivity index (χ3n) is 2.09. The molecule has 0 saturated carbocycles. The topological polar surface area (TPSA) is 17.3 Å². The van der Waals surface area contributed by atoms with Crippen LogP contribution >= 0.6 is 0 Å². The van der Waals surface area contributed by atoms with E-state index < -0.39 is 0 Å². The summed E-state index contributed by atoms with van der Waals surface area (Å²) in [5, 5.41) is 4.45. The molecule has 0 aliphatic heterocycles. The summed E-state index contributed by atoms with van der Waals surface area (Å²) in [6.07, 6.45) is 1.00. The summed E-state index contributed by atoms with van der Waals surface area (Å²) in [5.41, 5.74) is 3.53. The van der Waals surface area contributed by atoms with Crippen LogP contribution in [0.1, 0.15) is 12.6 Å². The molecular weight excluding hydrogens is 147 g/mol. The van der Waals surface area contributed by atoms with Gasteiger partial charge in [-0.25, -0.2) is 4.52 Å². The normalized spacial score (nSPS) is 10.8. The number of fused-ring (bicyclic) bond motifs is 1. The van der Waals surface area contributed by atoms with E-state index in [9.17, 15) is 0 Å². The lowest BCUT2D eigenvalue weighted by atomic mass is 10.0. The molecule has 0 spiro atoms. The number of nitrogens with zero attached hydrogens (tertiary/aromatic N) is 2. The number of rotatable bonds is 1. The van der Waals surface area contributed by atoms with Crippen LogP contribution in [0.4, 0.5) is 0 Å². The largest absolute Gasteiger partial charge is 0.248 e. The van der Waals surface area contributed by atoms with Gasteiger partial charge in [-0.3, -0.25) is 0 Å². The first-order valence-corrected chi connectivity index (χ1v) is 4.25. The molecule has 0 bridgehead atoms. The lowest BCUT2D eigenvalue weighted by Crippen LogP contribution is -2.14. The molecule has 60 valence electrons. The average Bonchev–Trinajstić information content (AvgIpc) is 2.49. The van der Waals surface area contributed by atoms with Crippen LogP contribution in [-0.4, -0.2) is 17.5 Å². The van der Waals surface area contributed by atoms with Gasteiger partial charge in [-0.2, -0.15) is 5.10 Å². The maximum absolute atomic E-state index is 4.45. The van der Waals surface area contributed by atoms with Gasteiger partial charge in [0.2, 0.25) is 0 Å². The smallest absolute Gasteiger partial charge is 0.164 e. The van der Waals surface area contributed by atoms with E-state index in [1.807, 2.05) is 4.52 Å². The Bertz CT molecular complexity index is 406. The summed E-state index contributed by atoms with van der Waals surface area (Å²) >= 11 is 0. The number of aromatic nitrogens is 2. The molecule has 0 amide bonds. The van der Waals surface area contributed by atoms with E-state index in [1.54, 1.807) is 0 Å². The molecule has 0 saturated heterocycles. The molecule has 12 heavy (non-hydrogen) atoms. The second kappa shape index (κ2) is 2.66. The minimum atomic E-state index is 1.00. The van der Waals surface area contributed by atoms with E-state index in [0.717, 1.165) is 12.1 Å². The maximum atomic E-state index is 4.45. The van der Waals surface area contributed by atoms with Crippen LogP contribution in [0, 0.1) is 0 Å². The zero-order chi connectivity index (χ0) is 8.55. The minimum absolute atomic E-state index is 1.00. The van der Waals surface area contributed by atoms with Crippen molar-refractivity contribution >= 4 is 19.0 Å². The Labute approximate surface area is 72.6 Å². The molecular formula is C9H11BN2. The standard InChI is InChI=1S/C9H11BN2/c1-2-7-6-8-4-3-5-9(10)12(8)11-7/h3-6H,2,10H2,1H3. The quantitative estimate of drug-likeness (QED) is 0.540. The maximum Gasteiger partial charge on any atom is 0.164 e. The van der Waals surface area contributed by atoms with Crippen LogP contribution in [-0.2, 0) is 6.42 Å². The number of aryl methyl sites for hydroxylation is 1. The van der Waals surface area contributed by atoms with E-state index in [-0.39, 0.29) is 0 Å². The van der Waals surface area contributed by atoms with Crippen LogP contribution in [0.15, 0.2) is 24.3 Å². The van der Waals surface area contributed by atoms with Crippen molar-refractivity contribution in [2.24, 2.45) is 0 Å². The minimum Gasteiger partial charge on any atom is -0.248 e. The first-order valence-electron chi connectivity index (χ1n) is 4.25. The lowest BCUT2D eigenvalue weighted by Gasteiger charge is -1.96. The molecule has 0 aliphatic rings. The second-order valence-corrected chi connectivity index (χ2v) is 2.99. The van der Waals surface area contributed by atoms with E-state index in [1.165, 1.54) is 11.1 Å². The summed E-state index contributed by atoms with van der Waals surface area (Å²) in [6.45, 7) is 2.12. The van der Waals surface area contributed by atoms with Crippen LogP contribution in [0.2, 0.25) is 0 Å². The molecule has 2 aromatic rings. The highest BCUT2D eigenvalue weighted by Crippen LogP contribution is 2.04. The van der Waals surface area contributed by atoms with E-state index >= 15 is 0 Å². The Kier molecular flexibility index (Phi) is 1.64. The van der Waals surface area contributed by atoms with Gasteiger partial charge in [-0.05, 0) is 24.1 Å². The van der Waals surface area contributed by atoms with E-state index in [4.69, 9.17) is 0 Å². The third kappa shape index (κ3) is 1.02. The van der Waals surface area contributed by atoms with Crippen LogP contribution in [0.25, 0.3) is 5.52 Å². The number of pyridine rings is 1. The van der Waals surface area contributed by atoms with Gasteiger partial charge in [0.05, 0.1) is 11.2 Å². The molecule has 2 aromatic heterocycles. The fourth-order valence-electron chi connectivity index (χ4n) is 1.38. The molecule has 0 atom stereocenters. The van der Waals surface area contributed by atoms with Gasteiger partial charge in [0, 0.05) is 0 Å². The van der Waals surface area contributed by atoms with Crippen LogP contribution in [0.5, 0.6) is 0 Å². The van der Waals surface area contributed by atoms with Crippen molar-refractivity contribution in [3.05, 3.63) is 30.0 Å². The molecule has 0 N–H and O–H groups in total. The van der Waals surface area contributed by atoms with Gasteiger partial charge in [-0.15, -0.1) is 0 Å². The van der Waals surface area contributed by atoms with Gasteiger partial charge in [0.15, 0.2) is 7.85 Å². The Morgan fingerprint density at radius 2 is 2.33 bits per heavy atom. The summed E-state index contributed by atoms with van der Waals surface area (Å²) in [7, 11) is 2.07. The van der Waals surface area contributed by atoms with E-state index in [2.05, 4.69) is 44.1 Å². The highest BCUT2D eigenvalue weighted by Gasteiger charge is 1.99.